The maximum absolute atomic E-state index is 11.6. The number of nitrogens with two attached hydrogens (primary N) is 1. The van der Waals surface area contributed by atoms with Crippen LogP contribution >= 0.6 is 0 Å². The Kier molecular flexibility index (Phi) is 3.24. The van der Waals surface area contributed by atoms with Gasteiger partial charge in [-0.3, -0.25) is 0 Å². The van der Waals surface area contributed by atoms with Crippen LogP contribution in [0.2, 0.25) is 0 Å². The first-order valence-electron chi connectivity index (χ1n) is 5.76. The third-order valence-electron chi connectivity index (χ3n) is 3.37. The molecule has 6 nitrogen and oxygen atoms in total. The van der Waals surface area contributed by atoms with Gasteiger partial charge in [-0.05, 0) is 27.3 Å². The van der Waals surface area contributed by atoms with Crippen LogP contribution in [0.3, 0.4) is 0 Å². The fraction of sp³-hybridized carbons (Fsp3) is 1.00. The van der Waals surface area contributed by atoms with Crippen LogP contribution < -0.4 is 10.5 Å². The smallest absolute Gasteiger partial charge is 0.211 e. The number of hydrogen-bond acceptors (Lipinski definition) is 5. The molecule has 1 aliphatic heterocycles. The maximum Gasteiger partial charge on any atom is 0.211 e. The van der Waals surface area contributed by atoms with E-state index in [1.54, 1.807) is 0 Å². The first-order valence-corrected chi connectivity index (χ1v) is 7.42. The minimum Gasteiger partial charge on any atom is -0.344 e. The van der Waals surface area contributed by atoms with Crippen LogP contribution in [0, 0.1) is 5.92 Å². The van der Waals surface area contributed by atoms with Gasteiger partial charge in [0.15, 0.2) is 5.79 Å². The lowest BCUT2D eigenvalue weighted by molar-refractivity contribution is -0.156. The van der Waals surface area contributed by atoms with Crippen molar-refractivity contribution in [3.8, 4) is 0 Å². The summed E-state index contributed by atoms with van der Waals surface area (Å²) in [7, 11) is -1.83. The molecule has 2 fully saturated rings. The number of rotatable bonds is 3. The Morgan fingerprint density at radius 3 is 2.53 bits per heavy atom. The van der Waals surface area contributed by atoms with Gasteiger partial charge in [0.25, 0.3) is 0 Å². The van der Waals surface area contributed by atoms with Crippen molar-refractivity contribution in [3.63, 3.8) is 0 Å². The van der Waals surface area contributed by atoms with Gasteiger partial charge in [-0.15, -0.1) is 0 Å². The van der Waals surface area contributed by atoms with Gasteiger partial charge in [-0.2, -0.15) is 0 Å². The average Bonchev–Trinajstić information content (AvgIpc) is 2.64. The van der Waals surface area contributed by atoms with Gasteiger partial charge >= 0.3 is 0 Å². The molecule has 2 aliphatic rings. The van der Waals surface area contributed by atoms with Crippen molar-refractivity contribution >= 4 is 10.0 Å². The molecule has 0 aromatic rings. The molecule has 0 amide bonds. The molecule has 0 bridgehead atoms. The van der Waals surface area contributed by atoms with Crippen LogP contribution in [0.1, 0.15) is 20.3 Å². The second-order valence-electron chi connectivity index (χ2n) is 5.21. The van der Waals surface area contributed by atoms with E-state index in [0.29, 0.717) is 6.42 Å². The first kappa shape index (κ1) is 13.2. The zero-order chi connectivity index (χ0) is 12.8. The topological polar surface area (TPSA) is 90.7 Å². The van der Waals surface area contributed by atoms with Crippen molar-refractivity contribution in [3.05, 3.63) is 0 Å². The number of sulfonamides is 1. The van der Waals surface area contributed by atoms with Crippen LogP contribution in [0.4, 0.5) is 0 Å². The molecule has 2 rings (SSSR count). The van der Waals surface area contributed by atoms with E-state index in [1.807, 2.05) is 13.8 Å². The van der Waals surface area contributed by atoms with E-state index in [1.165, 1.54) is 7.05 Å². The molecule has 1 heterocycles. The normalized spacial score (nSPS) is 40.5. The predicted octanol–water partition coefficient (Wildman–Crippen LogP) is -0.597. The van der Waals surface area contributed by atoms with E-state index >= 15 is 0 Å². The number of hydrogen-bond donors (Lipinski definition) is 2. The third kappa shape index (κ3) is 2.63. The number of ether oxygens (including phenoxy) is 2. The number of nitrogens with one attached hydrogen (secondary N) is 1. The van der Waals surface area contributed by atoms with Gasteiger partial charge in [0.2, 0.25) is 10.0 Å². The molecule has 4 unspecified atom stereocenters. The summed E-state index contributed by atoms with van der Waals surface area (Å²) < 4.78 is 36.9. The Morgan fingerprint density at radius 2 is 1.94 bits per heavy atom. The highest BCUT2D eigenvalue weighted by atomic mass is 32.2. The Morgan fingerprint density at radius 1 is 1.35 bits per heavy atom. The summed E-state index contributed by atoms with van der Waals surface area (Å²) >= 11 is 0. The predicted molar refractivity (Wildman–Crippen MR) is 62.8 cm³/mol. The summed E-state index contributed by atoms with van der Waals surface area (Å²) in [5.41, 5.74) is 5.97. The Labute approximate surface area is 102 Å². The van der Waals surface area contributed by atoms with Crippen molar-refractivity contribution in [1.82, 2.24) is 4.72 Å². The van der Waals surface area contributed by atoms with Gasteiger partial charge in [0.05, 0.1) is 11.9 Å². The Balaban J connectivity index is 2.11. The highest BCUT2D eigenvalue weighted by molar-refractivity contribution is 7.89. The van der Waals surface area contributed by atoms with E-state index in [0.717, 1.165) is 0 Å². The first-order chi connectivity index (χ1) is 7.74. The second-order valence-corrected chi connectivity index (χ2v) is 7.18. The quantitative estimate of drug-likeness (QED) is 0.710. The van der Waals surface area contributed by atoms with Crippen molar-refractivity contribution < 1.29 is 17.9 Å². The molecule has 1 aliphatic carbocycles. The molecular formula is C10H20N2O4S. The molecule has 7 heteroatoms. The van der Waals surface area contributed by atoms with Crippen LogP contribution in [-0.2, 0) is 19.5 Å². The molecular weight excluding hydrogens is 244 g/mol. The summed E-state index contributed by atoms with van der Waals surface area (Å²) in [6, 6.07) is -0.154. The zero-order valence-corrected chi connectivity index (χ0v) is 11.2. The van der Waals surface area contributed by atoms with Gasteiger partial charge in [0, 0.05) is 12.0 Å². The maximum atomic E-state index is 11.6. The summed E-state index contributed by atoms with van der Waals surface area (Å²) in [6.07, 6.45) is 0.206. The summed E-state index contributed by atoms with van der Waals surface area (Å²) in [6.45, 7) is 3.64. The second kappa shape index (κ2) is 4.17. The summed E-state index contributed by atoms with van der Waals surface area (Å²) in [4.78, 5) is 0. The van der Waals surface area contributed by atoms with Crippen LogP contribution in [-0.4, -0.2) is 45.3 Å². The molecule has 0 radical (unpaired) electrons. The molecule has 17 heavy (non-hydrogen) atoms. The van der Waals surface area contributed by atoms with Gasteiger partial charge in [0.1, 0.15) is 6.10 Å². The van der Waals surface area contributed by atoms with Gasteiger partial charge in [-0.25, -0.2) is 13.1 Å². The molecule has 0 aromatic heterocycles. The molecule has 100 valence electrons. The fourth-order valence-electron chi connectivity index (χ4n) is 2.66. The lowest BCUT2D eigenvalue weighted by Crippen LogP contribution is -2.35. The average molecular weight is 264 g/mol. The summed E-state index contributed by atoms with van der Waals surface area (Å²) in [5, 5.41) is 0. The van der Waals surface area contributed by atoms with E-state index < -0.39 is 15.8 Å². The van der Waals surface area contributed by atoms with Crippen molar-refractivity contribution in [1.29, 1.82) is 0 Å². The highest BCUT2D eigenvalue weighted by Crippen LogP contribution is 2.41. The van der Waals surface area contributed by atoms with Crippen LogP contribution in [0.5, 0.6) is 0 Å². The molecule has 1 saturated heterocycles. The Hall–Kier alpha value is -0.210. The minimum absolute atomic E-state index is 0.0395. The van der Waals surface area contributed by atoms with Crippen LogP contribution in [0.15, 0.2) is 0 Å². The van der Waals surface area contributed by atoms with Gasteiger partial charge in [-0.1, -0.05) is 0 Å². The standard InChI is InChI=1S/C10H20N2O4S/c1-10(2)15-8-6(5-17(13,14)12-3)4-7(11)9(8)16-10/h6-9,12H,4-5,11H2,1-3H3. The molecule has 0 aromatic carbocycles. The van der Waals surface area contributed by atoms with Crippen molar-refractivity contribution in [2.45, 2.75) is 44.3 Å². The molecule has 3 N–H and O–H groups in total. The van der Waals surface area contributed by atoms with E-state index in [2.05, 4.69) is 4.72 Å². The zero-order valence-electron chi connectivity index (χ0n) is 10.3. The highest BCUT2D eigenvalue weighted by Gasteiger charge is 2.53. The number of fused-ring (bicyclic) bond motifs is 1. The third-order valence-corrected chi connectivity index (χ3v) is 4.86. The minimum atomic E-state index is -3.24. The lowest BCUT2D eigenvalue weighted by Gasteiger charge is -2.22. The largest absolute Gasteiger partial charge is 0.344 e. The fourth-order valence-corrected chi connectivity index (χ4v) is 3.71. The lowest BCUT2D eigenvalue weighted by atomic mass is 10.1. The van der Waals surface area contributed by atoms with Crippen molar-refractivity contribution in [2.24, 2.45) is 11.7 Å². The monoisotopic (exact) mass is 264 g/mol. The van der Waals surface area contributed by atoms with E-state index in [9.17, 15) is 8.42 Å². The molecule has 4 atom stereocenters. The Bertz CT molecular complexity index is 395. The molecule has 1 saturated carbocycles. The molecule has 0 spiro atoms. The van der Waals surface area contributed by atoms with E-state index in [4.69, 9.17) is 15.2 Å². The SMILES string of the molecule is CNS(=O)(=O)CC1CC(N)C2OC(C)(C)OC12. The van der Waals surface area contributed by atoms with Crippen LogP contribution in [0.25, 0.3) is 0 Å². The summed E-state index contributed by atoms with van der Waals surface area (Å²) in [5.74, 6) is -0.735. The van der Waals surface area contributed by atoms with Crippen molar-refractivity contribution in [2.75, 3.05) is 12.8 Å². The van der Waals surface area contributed by atoms with Gasteiger partial charge < -0.3 is 15.2 Å². The van der Waals surface area contributed by atoms with E-state index in [-0.39, 0.29) is 29.9 Å².